The zero-order valence-corrected chi connectivity index (χ0v) is 39.7. The number of aliphatic hydroxyl groups is 24. The Hall–Kier alpha value is -2.26. The van der Waals surface area contributed by atoms with Gasteiger partial charge in [0.2, 0.25) is 0 Å². The maximum atomic E-state index is 10.1. The third-order valence-corrected chi connectivity index (χ3v) is 7.49. The van der Waals surface area contributed by atoms with Gasteiger partial charge in [-0.15, -0.1) is 0 Å². The summed E-state index contributed by atoms with van der Waals surface area (Å²) in [5, 5.41) is 265. The number of carboxylic acids is 6. The monoisotopic (exact) mass is 1090 g/mol. The fourth-order valence-electron chi connectivity index (χ4n) is 3.31. The Morgan fingerprint density at radius 3 is 0.485 bits per heavy atom. The zero-order chi connectivity index (χ0) is 53.8. The predicted molar refractivity (Wildman–Crippen MR) is 190 cm³/mol. The first-order valence-corrected chi connectivity index (χ1v) is 17.3. The Kier molecular flexibility index (Phi) is 48.6. The largest absolute Gasteiger partial charge is 2.00 e. The van der Waals surface area contributed by atoms with Crippen LogP contribution in [-0.2, 0) is 48.2 Å². The summed E-state index contributed by atoms with van der Waals surface area (Å²) in [7, 11) is 0. The second-order valence-electron chi connectivity index (χ2n) is 12.5. The molecule has 0 aromatic carbocycles. The summed E-state index contributed by atoms with van der Waals surface area (Å²) in [6.45, 7) is -3.45. The SMILES string of the molecule is O=C(O)C(O)C(O)C(O)C(O)C(=O)O.O=C([O-])C(O)C(O)C(O)C(O)CO.O=C([O-])C(O)C(O)C(O)C(O)CO.O=C([O-])C(O)C(O)C(O)C(O)CO.O=C([O-])C(O)C(O)C(O)C(O)CO.[Ca+2].[Zn+2]. The van der Waals surface area contributed by atoms with Crippen LogP contribution in [0.5, 0.6) is 0 Å². The molecule has 0 aliphatic carbocycles. The number of carbonyl (C=O) groups excluding carboxylic acids is 4. The Morgan fingerprint density at radius 2 is 0.397 bits per heavy atom. The molecule has 20 atom stereocenters. The van der Waals surface area contributed by atoms with Gasteiger partial charge >= 0.3 is 69.2 Å². The van der Waals surface area contributed by atoms with E-state index in [0.717, 1.165) is 0 Å². The van der Waals surface area contributed by atoms with Gasteiger partial charge in [0.1, 0.15) is 110 Å². The molecule has 38 heteroatoms. The van der Waals surface area contributed by atoms with Crippen molar-refractivity contribution in [2.24, 2.45) is 0 Å². The molecule has 0 heterocycles. The number of carboxylic acid groups (broad SMARTS) is 6. The molecule has 20 unspecified atom stereocenters. The second kappa shape index (κ2) is 41.4. The smallest absolute Gasteiger partial charge is 0.547 e. The number of rotatable bonds is 25. The molecule has 0 saturated carbocycles. The van der Waals surface area contributed by atoms with Gasteiger partial charge in [-0.25, -0.2) is 9.59 Å². The Morgan fingerprint density at radius 1 is 0.279 bits per heavy atom. The van der Waals surface area contributed by atoms with E-state index in [9.17, 15) is 49.2 Å². The van der Waals surface area contributed by atoms with Crippen LogP contribution in [0.15, 0.2) is 0 Å². The average Bonchev–Trinajstić information content (AvgIpc) is 3.28. The van der Waals surface area contributed by atoms with Gasteiger partial charge in [-0.05, 0) is 0 Å². The van der Waals surface area contributed by atoms with E-state index >= 15 is 0 Å². The predicted octanol–water partition coefficient (Wildman–Crippen LogP) is -23.1. The molecular weight excluding hydrogens is 1040 g/mol. The van der Waals surface area contributed by atoms with Gasteiger partial charge in [-0.1, -0.05) is 0 Å². The first-order valence-electron chi connectivity index (χ1n) is 17.3. The summed E-state index contributed by atoms with van der Waals surface area (Å²) in [6, 6.07) is 0. The Bertz CT molecular complexity index is 1210. The van der Waals surface area contributed by atoms with Gasteiger partial charge in [0, 0.05) is 0 Å². The maximum absolute atomic E-state index is 10.1. The van der Waals surface area contributed by atoms with Crippen LogP contribution in [0.3, 0.4) is 0 Å². The van der Waals surface area contributed by atoms with Crippen molar-refractivity contribution in [2.75, 3.05) is 26.4 Å². The Balaban J connectivity index is -0.000000136. The van der Waals surface area contributed by atoms with Crippen molar-refractivity contribution >= 4 is 73.6 Å². The van der Waals surface area contributed by atoms with Gasteiger partial charge < -0.3 is 172 Å². The number of hydrogen-bond donors (Lipinski definition) is 26. The van der Waals surface area contributed by atoms with Crippen LogP contribution < -0.4 is 20.4 Å². The summed E-state index contributed by atoms with van der Waals surface area (Å²) in [4.78, 5) is 60.1. The molecule has 0 spiro atoms. The molecule has 394 valence electrons. The maximum Gasteiger partial charge on any atom is 2.00 e. The first kappa shape index (κ1) is 79.9. The van der Waals surface area contributed by atoms with Crippen LogP contribution in [0, 0.1) is 0 Å². The van der Waals surface area contributed by atoms with Crippen molar-refractivity contribution < 1.29 is 201 Å². The minimum atomic E-state index is -2.36. The van der Waals surface area contributed by atoms with E-state index < -0.39 is 184 Å². The molecule has 0 radical (unpaired) electrons. The van der Waals surface area contributed by atoms with Crippen molar-refractivity contribution in [3.05, 3.63) is 0 Å². The molecule has 0 aromatic rings. The molecular formula is C30H54CaO36Zn. The van der Waals surface area contributed by atoms with E-state index in [1.54, 1.807) is 0 Å². The summed E-state index contributed by atoms with van der Waals surface area (Å²) in [6.07, 6.45) is -41.6. The molecule has 0 amide bonds. The van der Waals surface area contributed by atoms with Crippen molar-refractivity contribution in [1.82, 2.24) is 0 Å². The van der Waals surface area contributed by atoms with Gasteiger partial charge in [0.15, 0.2) is 12.2 Å². The molecule has 0 fully saturated rings. The van der Waals surface area contributed by atoms with E-state index in [2.05, 4.69) is 0 Å². The third kappa shape index (κ3) is 31.2. The zero-order valence-electron chi connectivity index (χ0n) is 34.5. The van der Waals surface area contributed by atoms with Crippen LogP contribution in [0.1, 0.15) is 0 Å². The molecule has 0 saturated heterocycles. The summed E-state index contributed by atoms with van der Waals surface area (Å²) >= 11 is 0. The molecule has 36 nitrogen and oxygen atoms in total. The van der Waals surface area contributed by atoms with E-state index in [1.165, 1.54) is 0 Å². The molecule has 0 rings (SSSR count). The number of aliphatic hydroxyl groups excluding tert-OH is 24. The topological polar surface area (TPSA) is 721 Å². The number of hydrogen-bond acceptors (Lipinski definition) is 34. The quantitative estimate of drug-likeness (QED) is 0.0378. The third-order valence-electron chi connectivity index (χ3n) is 7.49. The van der Waals surface area contributed by atoms with Crippen molar-refractivity contribution in [2.45, 2.75) is 122 Å². The molecule has 0 bridgehead atoms. The van der Waals surface area contributed by atoms with Crippen LogP contribution in [-0.4, -0.2) is 355 Å². The summed E-state index contributed by atoms with van der Waals surface area (Å²) in [5.74, 6) is -11.6. The van der Waals surface area contributed by atoms with Crippen molar-refractivity contribution in [3.63, 3.8) is 0 Å². The van der Waals surface area contributed by atoms with E-state index in [4.69, 9.17) is 133 Å². The van der Waals surface area contributed by atoms with Crippen molar-refractivity contribution in [3.8, 4) is 0 Å². The second-order valence-corrected chi connectivity index (χ2v) is 12.5. The first-order chi connectivity index (χ1) is 29.9. The molecule has 68 heavy (non-hydrogen) atoms. The van der Waals surface area contributed by atoms with Crippen LogP contribution in [0.4, 0.5) is 0 Å². The minimum Gasteiger partial charge on any atom is -0.547 e. The van der Waals surface area contributed by atoms with E-state index in [1.807, 2.05) is 0 Å². The van der Waals surface area contributed by atoms with E-state index in [0.29, 0.717) is 0 Å². The molecule has 26 N–H and O–H groups in total. The average molecular weight is 1100 g/mol. The summed E-state index contributed by atoms with van der Waals surface area (Å²) < 4.78 is 0. The van der Waals surface area contributed by atoms with Crippen LogP contribution in [0.2, 0.25) is 0 Å². The fraction of sp³-hybridized carbons (Fsp3) is 0.800. The Labute approximate surface area is 421 Å². The van der Waals surface area contributed by atoms with Gasteiger partial charge in [0.05, 0.1) is 50.3 Å². The molecule has 0 aromatic heterocycles. The van der Waals surface area contributed by atoms with Crippen LogP contribution >= 0.6 is 0 Å². The summed E-state index contributed by atoms with van der Waals surface area (Å²) in [5.41, 5.74) is 0. The molecule has 0 aliphatic rings. The minimum absolute atomic E-state index is 0. The fourth-order valence-corrected chi connectivity index (χ4v) is 3.31. The van der Waals surface area contributed by atoms with Crippen molar-refractivity contribution in [1.29, 1.82) is 0 Å². The van der Waals surface area contributed by atoms with Crippen LogP contribution in [0.25, 0.3) is 0 Å². The van der Waals surface area contributed by atoms with Gasteiger partial charge in [-0.2, -0.15) is 0 Å². The van der Waals surface area contributed by atoms with Gasteiger partial charge in [0.25, 0.3) is 0 Å². The normalized spacial score (nSPS) is 19.6. The van der Waals surface area contributed by atoms with Gasteiger partial charge in [-0.3, -0.25) is 0 Å². The van der Waals surface area contributed by atoms with E-state index in [-0.39, 0.29) is 57.2 Å². The molecule has 0 aliphatic heterocycles. The number of carbonyl (C=O) groups is 6. The standard InChI is InChI=1S/C6H10O8.4C6H12O7.Ca.Zn/c7-1(3(9)5(11)12)2(8)4(10)6(13)14;4*7-1-2(8)3(9)4(10)5(11)6(12)13;;/h1-4,7-10H,(H,11,12)(H,13,14);4*2-5,7-11H,1H2,(H,12,13);;/q;;;;;2*+2/p-4. The number of aliphatic carboxylic acids is 6.